The number of para-hydroxylation sites is 1. The lowest BCUT2D eigenvalue weighted by Gasteiger charge is -2.20. The summed E-state index contributed by atoms with van der Waals surface area (Å²) in [5, 5.41) is 9.37. The number of benzene rings is 1. The van der Waals surface area contributed by atoms with E-state index in [-0.39, 0.29) is 17.9 Å². The van der Waals surface area contributed by atoms with Crippen LogP contribution in [0.15, 0.2) is 30.5 Å². The normalized spacial score (nSPS) is 10.6. The average Bonchev–Trinajstić information content (AvgIpc) is 2.80. The van der Waals surface area contributed by atoms with Gasteiger partial charge in [0.25, 0.3) is 0 Å². The summed E-state index contributed by atoms with van der Waals surface area (Å²) in [5.74, 6) is -1.13. The number of hydrogen-bond acceptors (Lipinski definition) is 2. The van der Waals surface area contributed by atoms with Crippen molar-refractivity contribution in [2.24, 2.45) is 7.05 Å². The molecule has 5 heteroatoms. The lowest BCUT2D eigenvalue weighted by atomic mass is 10.1. The largest absolute Gasteiger partial charge is 0.478 e. The van der Waals surface area contributed by atoms with Crippen molar-refractivity contribution in [1.82, 2.24) is 4.57 Å². The second-order valence-corrected chi connectivity index (χ2v) is 5.66. The molecule has 0 fully saturated rings. The molecule has 5 nitrogen and oxygen atoms in total. The van der Waals surface area contributed by atoms with E-state index in [9.17, 15) is 14.7 Å². The number of rotatable bonds is 5. The molecule has 122 valence electrons. The summed E-state index contributed by atoms with van der Waals surface area (Å²) in [5.41, 5.74) is 3.37. The van der Waals surface area contributed by atoms with Crippen LogP contribution in [0.25, 0.3) is 0 Å². The van der Waals surface area contributed by atoms with Crippen LogP contribution in [0, 0.1) is 6.92 Å². The second kappa shape index (κ2) is 6.69. The van der Waals surface area contributed by atoms with Crippen LogP contribution in [0.5, 0.6) is 0 Å². The van der Waals surface area contributed by atoms with E-state index in [1.165, 1.54) is 0 Å². The maximum atomic E-state index is 12.6. The van der Waals surface area contributed by atoms with Gasteiger partial charge < -0.3 is 14.6 Å². The first-order chi connectivity index (χ1) is 10.9. The molecule has 0 aliphatic carbocycles. The van der Waals surface area contributed by atoms with Gasteiger partial charge in [0.1, 0.15) is 0 Å². The first-order valence-corrected chi connectivity index (χ1v) is 7.59. The third kappa shape index (κ3) is 3.28. The Bertz CT molecular complexity index is 747. The summed E-state index contributed by atoms with van der Waals surface area (Å²) in [6.45, 7) is 3.79. The van der Waals surface area contributed by atoms with Gasteiger partial charge in [-0.15, -0.1) is 0 Å². The summed E-state index contributed by atoms with van der Waals surface area (Å²) in [6.07, 6.45) is 2.63. The molecule has 0 radical (unpaired) electrons. The lowest BCUT2D eigenvalue weighted by molar-refractivity contribution is -0.117. The van der Waals surface area contributed by atoms with Crippen LogP contribution in [0.4, 0.5) is 5.69 Å². The lowest BCUT2D eigenvalue weighted by Crippen LogP contribution is -2.30. The monoisotopic (exact) mass is 314 g/mol. The van der Waals surface area contributed by atoms with Crippen LogP contribution in [0.3, 0.4) is 0 Å². The molecular formula is C18H22N2O3. The fourth-order valence-electron chi connectivity index (χ4n) is 2.88. The molecule has 1 heterocycles. The fourth-order valence-corrected chi connectivity index (χ4v) is 2.88. The number of carbonyl (C=O) groups is 2. The molecule has 0 aliphatic heterocycles. The number of anilines is 1. The van der Waals surface area contributed by atoms with Gasteiger partial charge in [-0.2, -0.15) is 0 Å². The van der Waals surface area contributed by atoms with Crippen LogP contribution >= 0.6 is 0 Å². The van der Waals surface area contributed by atoms with Crippen molar-refractivity contribution in [3.05, 3.63) is 52.8 Å². The Labute approximate surface area is 136 Å². The van der Waals surface area contributed by atoms with E-state index in [1.54, 1.807) is 36.7 Å². The fraction of sp³-hybridized carbons (Fsp3) is 0.333. The highest BCUT2D eigenvalue weighted by Gasteiger charge is 2.22. The molecule has 23 heavy (non-hydrogen) atoms. The number of hydrogen-bond donors (Lipinski definition) is 1. The summed E-state index contributed by atoms with van der Waals surface area (Å²) in [6, 6.07) is 7.75. The number of carboxylic acids is 1. The van der Waals surface area contributed by atoms with E-state index in [0.717, 1.165) is 17.7 Å². The molecule has 1 N–H and O–H groups in total. The molecule has 0 bridgehead atoms. The molecule has 0 unspecified atom stereocenters. The number of carboxylic acid groups (broad SMARTS) is 1. The molecule has 1 aromatic heterocycles. The topological polar surface area (TPSA) is 62.5 Å². The molecule has 0 spiro atoms. The van der Waals surface area contributed by atoms with E-state index in [1.807, 2.05) is 31.2 Å². The Morgan fingerprint density at radius 1 is 1.26 bits per heavy atom. The molecule has 0 aliphatic rings. The summed E-state index contributed by atoms with van der Waals surface area (Å²) < 4.78 is 1.72. The smallest absolute Gasteiger partial charge is 0.337 e. The van der Waals surface area contributed by atoms with Crippen molar-refractivity contribution in [1.29, 1.82) is 0 Å². The summed E-state index contributed by atoms with van der Waals surface area (Å²) >= 11 is 0. The number of likely N-dealkylation sites (N-methyl/N-ethyl adjacent to an activating group) is 1. The third-order valence-electron chi connectivity index (χ3n) is 4.14. The number of amides is 1. The van der Waals surface area contributed by atoms with Crippen molar-refractivity contribution >= 4 is 17.6 Å². The highest BCUT2D eigenvalue weighted by atomic mass is 16.4. The number of aryl methyl sites for hydroxylation is 3. The van der Waals surface area contributed by atoms with Crippen LogP contribution in [-0.4, -0.2) is 28.6 Å². The van der Waals surface area contributed by atoms with Crippen molar-refractivity contribution in [2.45, 2.75) is 26.7 Å². The molecule has 2 aromatic rings. The second-order valence-electron chi connectivity index (χ2n) is 5.66. The average molecular weight is 314 g/mol. The van der Waals surface area contributed by atoms with Crippen LogP contribution in [0.2, 0.25) is 0 Å². The van der Waals surface area contributed by atoms with Crippen LogP contribution < -0.4 is 4.90 Å². The Morgan fingerprint density at radius 2 is 1.91 bits per heavy atom. The minimum absolute atomic E-state index is 0.0561. The van der Waals surface area contributed by atoms with Gasteiger partial charge in [0.2, 0.25) is 5.91 Å². The zero-order valence-corrected chi connectivity index (χ0v) is 14.0. The predicted molar refractivity (Wildman–Crippen MR) is 90.0 cm³/mol. The van der Waals surface area contributed by atoms with Crippen LogP contribution in [-0.2, 0) is 24.7 Å². The van der Waals surface area contributed by atoms with Crippen LogP contribution in [0.1, 0.15) is 34.1 Å². The molecule has 0 saturated carbocycles. The van der Waals surface area contributed by atoms with Gasteiger partial charge in [0.05, 0.1) is 12.0 Å². The number of aromatic nitrogens is 1. The van der Waals surface area contributed by atoms with E-state index >= 15 is 0 Å². The Morgan fingerprint density at radius 3 is 2.52 bits per heavy atom. The van der Waals surface area contributed by atoms with Crippen molar-refractivity contribution in [3.63, 3.8) is 0 Å². The number of carbonyl (C=O) groups excluding carboxylic acids is 1. The molecule has 1 amide bonds. The van der Waals surface area contributed by atoms with Crippen molar-refractivity contribution in [3.8, 4) is 0 Å². The van der Waals surface area contributed by atoms with Gasteiger partial charge in [-0.25, -0.2) is 4.79 Å². The van der Waals surface area contributed by atoms with E-state index < -0.39 is 5.97 Å². The first-order valence-electron chi connectivity index (χ1n) is 7.59. The molecule has 0 atom stereocenters. The van der Waals surface area contributed by atoms with Gasteiger partial charge >= 0.3 is 5.97 Å². The highest BCUT2D eigenvalue weighted by Crippen LogP contribution is 2.22. The van der Waals surface area contributed by atoms with Gasteiger partial charge in [-0.1, -0.05) is 25.1 Å². The maximum Gasteiger partial charge on any atom is 0.337 e. The Hall–Kier alpha value is -2.56. The minimum atomic E-state index is -0.998. The zero-order chi connectivity index (χ0) is 17.1. The van der Waals surface area contributed by atoms with Gasteiger partial charge in [-0.3, -0.25) is 4.79 Å². The summed E-state index contributed by atoms with van der Waals surface area (Å²) in [7, 11) is 3.50. The minimum Gasteiger partial charge on any atom is -0.478 e. The number of aromatic carboxylic acids is 1. The molecule has 1 aromatic carbocycles. The van der Waals surface area contributed by atoms with Gasteiger partial charge in [-0.05, 0) is 30.5 Å². The Balaban J connectivity index is 2.31. The van der Waals surface area contributed by atoms with Gasteiger partial charge in [0.15, 0.2) is 0 Å². The number of nitrogens with zero attached hydrogens (tertiary/aromatic N) is 2. The van der Waals surface area contributed by atoms with Crippen molar-refractivity contribution < 1.29 is 14.7 Å². The Kier molecular flexibility index (Phi) is 4.89. The van der Waals surface area contributed by atoms with E-state index in [4.69, 9.17) is 0 Å². The first kappa shape index (κ1) is 16.8. The molecular weight excluding hydrogens is 292 g/mol. The van der Waals surface area contributed by atoms with Crippen molar-refractivity contribution in [2.75, 3.05) is 11.9 Å². The van der Waals surface area contributed by atoms with E-state index in [2.05, 4.69) is 0 Å². The molecule has 0 saturated heterocycles. The third-order valence-corrected chi connectivity index (χ3v) is 4.14. The quantitative estimate of drug-likeness (QED) is 0.923. The summed E-state index contributed by atoms with van der Waals surface area (Å²) in [4.78, 5) is 25.7. The SMILES string of the molecule is CCc1ccccc1N(C)C(=O)Cc1c(C(=O)O)c(C)cn1C. The molecule has 2 rings (SSSR count). The highest BCUT2D eigenvalue weighted by molar-refractivity contribution is 5.98. The zero-order valence-electron chi connectivity index (χ0n) is 14.0. The van der Waals surface area contributed by atoms with Gasteiger partial charge in [0, 0.05) is 31.7 Å². The predicted octanol–water partition coefficient (Wildman–Crippen LogP) is 2.80. The standard InChI is InChI=1S/C18H22N2O3/c1-5-13-8-6-7-9-14(13)20(4)16(21)10-15-17(18(22)23)12(2)11-19(15)3/h6-9,11H,5,10H2,1-4H3,(H,22,23). The maximum absolute atomic E-state index is 12.6. The van der Waals surface area contributed by atoms with E-state index in [0.29, 0.717) is 11.3 Å².